The third-order valence-corrected chi connectivity index (χ3v) is 3.38. The minimum Gasteiger partial charge on any atom is -0.342 e. The van der Waals surface area contributed by atoms with Gasteiger partial charge in [0.1, 0.15) is 5.82 Å². The van der Waals surface area contributed by atoms with Crippen LogP contribution < -0.4 is 5.32 Å². The van der Waals surface area contributed by atoms with Crippen molar-refractivity contribution in [3.8, 4) is 0 Å². The molecule has 3 rings (SSSR count). The number of H-pyrrole nitrogens is 1. The van der Waals surface area contributed by atoms with Gasteiger partial charge in [0, 0.05) is 5.92 Å². The fraction of sp³-hybridized carbons (Fsp3) is 0.462. The van der Waals surface area contributed by atoms with Crippen molar-refractivity contribution in [2.24, 2.45) is 0 Å². The summed E-state index contributed by atoms with van der Waals surface area (Å²) in [5, 5.41) is 3.39. The monoisotopic (exact) mass is 215 g/mol. The molecule has 3 nitrogen and oxygen atoms in total. The summed E-state index contributed by atoms with van der Waals surface area (Å²) in [7, 11) is 0. The van der Waals surface area contributed by atoms with Crippen LogP contribution in [0.3, 0.4) is 0 Å². The quantitative estimate of drug-likeness (QED) is 0.766. The highest BCUT2D eigenvalue weighted by molar-refractivity contribution is 5.75. The molecule has 0 bridgehead atoms. The molecule has 1 aromatic carbocycles. The van der Waals surface area contributed by atoms with Gasteiger partial charge in [-0.3, -0.25) is 0 Å². The standard InChI is InChI=1S/C13H17N3/c1-9-2-3-11-12(8-9)16-13(15-11)10-4-6-14-7-5-10/h2-3,8,10,14H,4-7H2,1H3,(H,15,16). The predicted molar refractivity (Wildman–Crippen MR) is 65.7 cm³/mol. The Bertz CT molecular complexity index is 495. The van der Waals surface area contributed by atoms with Gasteiger partial charge in [-0.25, -0.2) is 4.98 Å². The van der Waals surface area contributed by atoms with Crippen molar-refractivity contribution >= 4 is 11.0 Å². The smallest absolute Gasteiger partial charge is 0.110 e. The number of piperidine rings is 1. The lowest BCUT2D eigenvalue weighted by atomic mass is 9.98. The summed E-state index contributed by atoms with van der Waals surface area (Å²) < 4.78 is 0. The van der Waals surface area contributed by atoms with Crippen LogP contribution in [-0.4, -0.2) is 23.1 Å². The zero-order valence-corrected chi connectivity index (χ0v) is 9.59. The molecular formula is C13H17N3. The second-order valence-electron chi connectivity index (χ2n) is 4.67. The third-order valence-electron chi connectivity index (χ3n) is 3.38. The number of hydrogen-bond acceptors (Lipinski definition) is 2. The molecule has 2 aromatic rings. The van der Waals surface area contributed by atoms with Gasteiger partial charge in [0.2, 0.25) is 0 Å². The Morgan fingerprint density at radius 1 is 1.25 bits per heavy atom. The molecule has 0 saturated carbocycles. The molecular weight excluding hydrogens is 198 g/mol. The molecule has 0 radical (unpaired) electrons. The van der Waals surface area contributed by atoms with Crippen molar-refractivity contribution in [3.63, 3.8) is 0 Å². The normalized spacial score (nSPS) is 18.1. The molecule has 84 valence electrons. The number of benzene rings is 1. The van der Waals surface area contributed by atoms with Crippen molar-refractivity contribution in [1.82, 2.24) is 15.3 Å². The van der Waals surface area contributed by atoms with Gasteiger partial charge < -0.3 is 10.3 Å². The predicted octanol–water partition coefficient (Wildman–Crippen LogP) is 2.34. The van der Waals surface area contributed by atoms with Crippen LogP contribution >= 0.6 is 0 Å². The molecule has 3 heteroatoms. The largest absolute Gasteiger partial charge is 0.342 e. The van der Waals surface area contributed by atoms with E-state index in [1.54, 1.807) is 0 Å². The van der Waals surface area contributed by atoms with Crippen LogP contribution in [0.5, 0.6) is 0 Å². The van der Waals surface area contributed by atoms with E-state index >= 15 is 0 Å². The SMILES string of the molecule is Cc1ccc2nc(C3CCNCC3)[nH]c2c1. The van der Waals surface area contributed by atoms with E-state index in [1.807, 2.05) is 0 Å². The number of nitrogens with one attached hydrogen (secondary N) is 2. The lowest BCUT2D eigenvalue weighted by Crippen LogP contribution is -2.27. The van der Waals surface area contributed by atoms with E-state index in [2.05, 4.69) is 35.4 Å². The maximum absolute atomic E-state index is 4.69. The summed E-state index contributed by atoms with van der Waals surface area (Å²) in [6.45, 7) is 4.34. The summed E-state index contributed by atoms with van der Waals surface area (Å²) in [5.41, 5.74) is 3.56. The summed E-state index contributed by atoms with van der Waals surface area (Å²) >= 11 is 0. The van der Waals surface area contributed by atoms with Crippen LogP contribution in [0, 0.1) is 6.92 Å². The van der Waals surface area contributed by atoms with Crippen LogP contribution in [0.15, 0.2) is 18.2 Å². The number of hydrogen-bond donors (Lipinski definition) is 2. The molecule has 0 spiro atoms. The highest BCUT2D eigenvalue weighted by Crippen LogP contribution is 2.25. The zero-order chi connectivity index (χ0) is 11.0. The molecule has 2 N–H and O–H groups in total. The topological polar surface area (TPSA) is 40.7 Å². The molecule has 1 fully saturated rings. The van der Waals surface area contributed by atoms with E-state index in [4.69, 9.17) is 4.98 Å². The van der Waals surface area contributed by atoms with Crippen molar-refractivity contribution in [3.05, 3.63) is 29.6 Å². The molecule has 0 atom stereocenters. The number of fused-ring (bicyclic) bond motifs is 1. The van der Waals surface area contributed by atoms with Crippen LogP contribution in [0.2, 0.25) is 0 Å². The van der Waals surface area contributed by atoms with Gasteiger partial charge in [-0.05, 0) is 50.6 Å². The first-order valence-electron chi connectivity index (χ1n) is 6.00. The van der Waals surface area contributed by atoms with Crippen LogP contribution in [0.25, 0.3) is 11.0 Å². The average Bonchev–Trinajstić information content (AvgIpc) is 2.73. The molecule has 1 aliphatic rings. The van der Waals surface area contributed by atoms with Gasteiger partial charge in [0.05, 0.1) is 11.0 Å². The highest BCUT2D eigenvalue weighted by Gasteiger charge is 2.18. The fourth-order valence-corrected chi connectivity index (χ4v) is 2.43. The summed E-state index contributed by atoms with van der Waals surface area (Å²) in [6.07, 6.45) is 2.39. The Labute approximate surface area is 95.3 Å². The zero-order valence-electron chi connectivity index (χ0n) is 9.59. The number of nitrogens with zero attached hydrogens (tertiary/aromatic N) is 1. The third kappa shape index (κ3) is 1.71. The van der Waals surface area contributed by atoms with E-state index in [0.717, 1.165) is 18.6 Å². The Hall–Kier alpha value is -1.35. The van der Waals surface area contributed by atoms with E-state index in [0.29, 0.717) is 5.92 Å². The van der Waals surface area contributed by atoms with Gasteiger partial charge in [0.25, 0.3) is 0 Å². The number of aromatic amines is 1. The van der Waals surface area contributed by atoms with Crippen LogP contribution in [0.4, 0.5) is 0 Å². The number of rotatable bonds is 1. The Balaban J connectivity index is 1.97. The van der Waals surface area contributed by atoms with Gasteiger partial charge >= 0.3 is 0 Å². The minimum atomic E-state index is 0.606. The first kappa shape index (κ1) is 9.85. The van der Waals surface area contributed by atoms with Gasteiger partial charge in [-0.15, -0.1) is 0 Å². The molecule has 0 aliphatic carbocycles. The second kappa shape index (κ2) is 3.91. The van der Waals surface area contributed by atoms with Crippen molar-refractivity contribution < 1.29 is 0 Å². The molecule has 2 heterocycles. The molecule has 1 aromatic heterocycles. The molecule has 0 amide bonds. The average molecular weight is 215 g/mol. The molecule has 1 saturated heterocycles. The minimum absolute atomic E-state index is 0.606. The Morgan fingerprint density at radius 3 is 2.88 bits per heavy atom. The van der Waals surface area contributed by atoms with Crippen molar-refractivity contribution in [2.45, 2.75) is 25.7 Å². The first-order valence-corrected chi connectivity index (χ1v) is 6.00. The molecule has 0 unspecified atom stereocenters. The number of aryl methyl sites for hydroxylation is 1. The van der Waals surface area contributed by atoms with Crippen LogP contribution in [0.1, 0.15) is 30.1 Å². The first-order chi connectivity index (χ1) is 7.83. The van der Waals surface area contributed by atoms with Crippen molar-refractivity contribution in [2.75, 3.05) is 13.1 Å². The number of aromatic nitrogens is 2. The van der Waals surface area contributed by atoms with E-state index < -0.39 is 0 Å². The van der Waals surface area contributed by atoms with Gasteiger partial charge in [0.15, 0.2) is 0 Å². The van der Waals surface area contributed by atoms with Gasteiger partial charge in [-0.1, -0.05) is 6.07 Å². The van der Waals surface area contributed by atoms with E-state index in [-0.39, 0.29) is 0 Å². The summed E-state index contributed by atoms with van der Waals surface area (Å²) in [5.74, 6) is 1.77. The lowest BCUT2D eigenvalue weighted by molar-refractivity contribution is 0.448. The van der Waals surface area contributed by atoms with E-state index in [1.165, 1.54) is 29.7 Å². The highest BCUT2D eigenvalue weighted by atomic mass is 14.9. The second-order valence-corrected chi connectivity index (χ2v) is 4.67. The maximum Gasteiger partial charge on any atom is 0.110 e. The fourth-order valence-electron chi connectivity index (χ4n) is 2.43. The summed E-state index contributed by atoms with van der Waals surface area (Å²) in [4.78, 5) is 8.16. The van der Waals surface area contributed by atoms with E-state index in [9.17, 15) is 0 Å². The number of imidazole rings is 1. The van der Waals surface area contributed by atoms with Crippen molar-refractivity contribution in [1.29, 1.82) is 0 Å². The molecule has 16 heavy (non-hydrogen) atoms. The van der Waals surface area contributed by atoms with Crippen LogP contribution in [-0.2, 0) is 0 Å². The van der Waals surface area contributed by atoms with Gasteiger partial charge in [-0.2, -0.15) is 0 Å². The lowest BCUT2D eigenvalue weighted by Gasteiger charge is -2.20. The Kier molecular flexibility index (Phi) is 2.40. The summed E-state index contributed by atoms with van der Waals surface area (Å²) in [6, 6.07) is 6.40. The Morgan fingerprint density at radius 2 is 2.06 bits per heavy atom. The molecule has 1 aliphatic heterocycles. The maximum atomic E-state index is 4.69.